The first-order valence-electron chi connectivity index (χ1n) is 12.3. The number of fused-ring (bicyclic) bond motifs is 2. The van der Waals surface area contributed by atoms with E-state index in [1.807, 2.05) is 38.4 Å². The third kappa shape index (κ3) is 3.78. The number of anilines is 2. The van der Waals surface area contributed by atoms with Crippen molar-refractivity contribution in [1.29, 1.82) is 0 Å². The van der Waals surface area contributed by atoms with Crippen molar-refractivity contribution in [1.82, 2.24) is 30.0 Å². The average molecular weight is 475 g/mol. The van der Waals surface area contributed by atoms with E-state index >= 15 is 0 Å². The highest BCUT2D eigenvalue weighted by Gasteiger charge is 2.39. The van der Waals surface area contributed by atoms with E-state index in [-0.39, 0.29) is 17.5 Å². The van der Waals surface area contributed by atoms with Crippen LogP contribution in [0.1, 0.15) is 74.4 Å². The van der Waals surface area contributed by atoms with Crippen molar-refractivity contribution < 1.29 is 4.79 Å². The lowest BCUT2D eigenvalue weighted by Crippen LogP contribution is -2.27. The Kier molecular flexibility index (Phi) is 5.62. The lowest BCUT2D eigenvalue weighted by atomic mass is 9.97. The molecule has 2 aliphatic rings. The number of hydrogen-bond acceptors (Lipinski definition) is 7. The molecule has 9 heteroatoms. The van der Waals surface area contributed by atoms with Crippen molar-refractivity contribution in [2.24, 2.45) is 0 Å². The highest BCUT2D eigenvalue weighted by Crippen LogP contribution is 2.42. The summed E-state index contributed by atoms with van der Waals surface area (Å²) >= 11 is 0. The molecule has 5 rings (SSSR count). The van der Waals surface area contributed by atoms with Crippen molar-refractivity contribution >= 4 is 17.5 Å². The van der Waals surface area contributed by atoms with Crippen LogP contribution in [-0.2, 0) is 18.6 Å². The molecule has 35 heavy (non-hydrogen) atoms. The molecule has 0 spiro atoms. The van der Waals surface area contributed by atoms with Gasteiger partial charge < -0.3 is 14.8 Å². The summed E-state index contributed by atoms with van der Waals surface area (Å²) in [7, 11) is 3.90. The Hall–Kier alpha value is -3.33. The summed E-state index contributed by atoms with van der Waals surface area (Å²) in [5, 5.41) is 12.2. The fraction of sp³-hybridized carbons (Fsp3) is 0.500. The number of nitrogens with zero attached hydrogens (tertiary/aromatic N) is 7. The van der Waals surface area contributed by atoms with E-state index in [0.717, 1.165) is 40.8 Å². The van der Waals surface area contributed by atoms with Gasteiger partial charge in [-0.05, 0) is 59.4 Å². The number of carbonyl (C=O) groups is 1. The van der Waals surface area contributed by atoms with Gasteiger partial charge in [-0.25, -0.2) is 9.97 Å². The molecule has 0 bridgehead atoms. The van der Waals surface area contributed by atoms with Crippen LogP contribution < -0.4 is 15.1 Å². The molecule has 9 nitrogen and oxygen atoms in total. The number of aromatic nitrogens is 5. The molecule has 0 radical (unpaired) electrons. The molecular formula is C26H34N8O. The van der Waals surface area contributed by atoms with E-state index in [1.54, 1.807) is 4.90 Å². The van der Waals surface area contributed by atoms with Crippen LogP contribution in [-0.4, -0.2) is 50.8 Å². The Labute approximate surface area is 206 Å². The Morgan fingerprint density at radius 1 is 1.23 bits per heavy atom. The molecule has 5 heterocycles. The zero-order valence-electron chi connectivity index (χ0n) is 21.6. The molecule has 0 saturated carbocycles. The van der Waals surface area contributed by atoms with Gasteiger partial charge in [0.15, 0.2) is 5.82 Å². The van der Waals surface area contributed by atoms with Crippen LogP contribution in [0, 0.1) is 0 Å². The van der Waals surface area contributed by atoms with Crippen molar-refractivity contribution in [3.05, 3.63) is 46.9 Å². The van der Waals surface area contributed by atoms with Crippen LogP contribution in [0.15, 0.2) is 24.3 Å². The quantitative estimate of drug-likeness (QED) is 0.582. The number of hydrogen-bond donors (Lipinski definition) is 1. The summed E-state index contributed by atoms with van der Waals surface area (Å²) in [6, 6.07) is 7.94. The Bertz CT molecular complexity index is 1290. The maximum Gasteiger partial charge on any atom is 0.260 e. The van der Waals surface area contributed by atoms with Crippen molar-refractivity contribution in [2.75, 3.05) is 23.9 Å². The molecule has 0 saturated heterocycles. The largest absolute Gasteiger partial charge is 0.357 e. The van der Waals surface area contributed by atoms with Crippen molar-refractivity contribution in [3.8, 4) is 11.5 Å². The minimum atomic E-state index is -0.0858. The van der Waals surface area contributed by atoms with Crippen LogP contribution >= 0.6 is 0 Å². The zero-order valence-corrected chi connectivity index (χ0v) is 21.6. The third-order valence-corrected chi connectivity index (χ3v) is 7.25. The Morgan fingerprint density at radius 3 is 2.71 bits per heavy atom. The first-order valence-corrected chi connectivity index (χ1v) is 12.3. The van der Waals surface area contributed by atoms with Crippen LogP contribution in [0.3, 0.4) is 0 Å². The summed E-state index contributed by atoms with van der Waals surface area (Å²) in [6.07, 6.45) is 1.01. The minimum absolute atomic E-state index is 0.0526. The zero-order chi connectivity index (χ0) is 25.1. The SMILES string of the molecule is CNCc1nc(N(C)C(C)C)cc2c1CN(c1cccc(-c3nnc4n3C(C)(C)CC4C)n1)C2=O. The summed E-state index contributed by atoms with van der Waals surface area (Å²) in [6.45, 7) is 11.9. The molecular weight excluding hydrogens is 440 g/mol. The Morgan fingerprint density at radius 2 is 2.00 bits per heavy atom. The smallest absolute Gasteiger partial charge is 0.260 e. The van der Waals surface area contributed by atoms with E-state index < -0.39 is 0 Å². The lowest BCUT2D eigenvalue weighted by molar-refractivity contribution is 0.0996. The minimum Gasteiger partial charge on any atom is -0.357 e. The van der Waals surface area contributed by atoms with E-state index in [4.69, 9.17) is 9.97 Å². The maximum atomic E-state index is 13.6. The Balaban J connectivity index is 1.53. The van der Waals surface area contributed by atoms with Crippen LogP contribution in [0.2, 0.25) is 0 Å². The fourth-order valence-corrected chi connectivity index (χ4v) is 5.30. The van der Waals surface area contributed by atoms with Crippen LogP contribution in [0.5, 0.6) is 0 Å². The van der Waals surface area contributed by atoms with Gasteiger partial charge >= 0.3 is 0 Å². The van der Waals surface area contributed by atoms with E-state index in [2.05, 4.69) is 59.6 Å². The fourth-order valence-electron chi connectivity index (χ4n) is 5.30. The van der Waals surface area contributed by atoms with Gasteiger partial charge in [-0.1, -0.05) is 13.0 Å². The normalized spacial score (nSPS) is 18.3. The predicted octanol–water partition coefficient (Wildman–Crippen LogP) is 3.70. The standard InChI is InChI=1S/C26H34N8O/c1-15(2)32(7)22-11-17-18(20(29-22)13-27-6)14-33(25(17)35)21-10-8-9-19(28-21)24-31-30-23-16(3)12-26(4,5)34(23)24/h8-11,15-16,27H,12-14H2,1-7H3. The van der Waals surface area contributed by atoms with Gasteiger partial charge in [0.1, 0.15) is 23.2 Å². The second-order valence-electron chi connectivity index (χ2n) is 10.6. The third-order valence-electron chi connectivity index (χ3n) is 7.25. The molecule has 1 amide bonds. The van der Waals surface area contributed by atoms with Gasteiger partial charge in [-0.2, -0.15) is 0 Å². The highest BCUT2D eigenvalue weighted by molar-refractivity contribution is 6.10. The summed E-state index contributed by atoms with van der Waals surface area (Å²) in [4.78, 5) is 27.2. The number of amides is 1. The van der Waals surface area contributed by atoms with E-state index in [1.165, 1.54) is 0 Å². The molecule has 3 aromatic rings. The second kappa shape index (κ2) is 8.41. The van der Waals surface area contributed by atoms with Gasteiger partial charge in [-0.15, -0.1) is 10.2 Å². The average Bonchev–Trinajstić information content (AvgIpc) is 3.47. The number of nitrogens with one attached hydrogen (secondary N) is 1. The van der Waals surface area contributed by atoms with Crippen LogP contribution in [0.4, 0.5) is 11.6 Å². The predicted molar refractivity (Wildman–Crippen MR) is 137 cm³/mol. The molecule has 2 aliphatic heterocycles. The molecule has 184 valence electrons. The first-order chi connectivity index (χ1) is 16.6. The number of carbonyl (C=O) groups excluding carboxylic acids is 1. The first kappa shape index (κ1) is 23.4. The summed E-state index contributed by atoms with van der Waals surface area (Å²) in [5.41, 5.74) is 3.18. The van der Waals surface area contributed by atoms with Crippen LogP contribution in [0.25, 0.3) is 11.5 Å². The summed E-state index contributed by atoms with van der Waals surface area (Å²) in [5.74, 6) is 3.45. The molecule has 0 aliphatic carbocycles. The summed E-state index contributed by atoms with van der Waals surface area (Å²) < 4.78 is 2.20. The van der Waals surface area contributed by atoms with E-state index in [9.17, 15) is 4.79 Å². The molecule has 3 aromatic heterocycles. The molecule has 0 aromatic carbocycles. The van der Waals surface area contributed by atoms with Gasteiger partial charge in [0, 0.05) is 36.7 Å². The highest BCUT2D eigenvalue weighted by atomic mass is 16.2. The monoisotopic (exact) mass is 474 g/mol. The maximum absolute atomic E-state index is 13.6. The second-order valence-corrected chi connectivity index (χ2v) is 10.6. The lowest BCUT2D eigenvalue weighted by Gasteiger charge is -2.24. The molecule has 1 unspecified atom stereocenters. The molecule has 0 fully saturated rings. The van der Waals surface area contributed by atoms with Gasteiger partial charge in [0.05, 0.1) is 17.8 Å². The van der Waals surface area contributed by atoms with Crippen molar-refractivity contribution in [3.63, 3.8) is 0 Å². The molecule has 1 atom stereocenters. The number of rotatable bonds is 6. The number of pyridine rings is 2. The van der Waals surface area contributed by atoms with Gasteiger partial charge in [0.2, 0.25) is 0 Å². The van der Waals surface area contributed by atoms with E-state index in [0.29, 0.717) is 30.4 Å². The molecule has 1 N–H and O–H groups in total. The topological polar surface area (TPSA) is 92.1 Å². The van der Waals surface area contributed by atoms with Crippen molar-refractivity contribution in [2.45, 2.75) is 71.6 Å². The van der Waals surface area contributed by atoms with Gasteiger partial charge in [0.25, 0.3) is 5.91 Å². The van der Waals surface area contributed by atoms with Gasteiger partial charge in [-0.3, -0.25) is 9.69 Å².